The van der Waals surface area contributed by atoms with E-state index in [1.165, 1.54) is 0 Å². The summed E-state index contributed by atoms with van der Waals surface area (Å²) in [5.74, 6) is -0.116. The molecule has 1 aliphatic heterocycles. The lowest BCUT2D eigenvalue weighted by atomic mass is 9.92. The fourth-order valence-electron chi connectivity index (χ4n) is 2.45. The van der Waals surface area contributed by atoms with Gasteiger partial charge < -0.3 is 14.7 Å². The molecule has 6 heteroatoms. The second-order valence-electron chi connectivity index (χ2n) is 4.95. The van der Waals surface area contributed by atoms with Crippen LogP contribution in [0.15, 0.2) is 27.8 Å². The van der Waals surface area contributed by atoms with Crippen LogP contribution < -0.4 is 11.1 Å². The molecule has 104 valence electrons. The number of fused-ring (bicyclic) bond motifs is 1. The molecule has 1 saturated heterocycles. The fourth-order valence-corrected chi connectivity index (χ4v) is 2.45. The average molecular weight is 274 g/mol. The molecule has 6 nitrogen and oxygen atoms in total. The van der Waals surface area contributed by atoms with Crippen molar-refractivity contribution in [1.82, 2.24) is 9.97 Å². The predicted octanol–water partition coefficient (Wildman–Crippen LogP) is 0.826. The molecular formula is C14H14N2O4. The second-order valence-corrected chi connectivity index (χ2v) is 4.95. The number of ketones is 1. The van der Waals surface area contributed by atoms with Crippen LogP contribution in [0.2, 0.25) is 0 Å². The van der Waals surface area contributed by atoms with Gasteiger partial charge in [0.1, 0.15) is 0 Å². The van der Waals surface area contributed by atoms with Gasteiger partial charge in [0, 0.05) is 18.1 Å². The van der Waals surface area contributed by atoms with Crippen molar-refractivity contribution in [3.63, 3.8) is 0 Å². The summed E-state index contributed by atoms with van der Waals surface area (Å²) in [6.07, 6.45) is 1.70. The number of hydrogen-bond acceptors (Lipinski definition) is 4. The summed E-state index contributed by atoms with van der Waals surface area (Å²) in [6.45, 7) is 1.15. The minimum atomic E-state index is -0.719. The van der Waals surface area contributed by atoms with Crippen LogP contribution in [-0.2, 0) is 4.74 Å². The lowest BCUT2D eigenvalue weighted by molar-refractivity contribution is 0.0461. The molecule has 2 aromatic rings. The number of aromatic nitrogens is 2. The molecule has 1 aromatic heterocycles. The van der Waals surface area contributed by atoms with Crippen LogP contribution in [0.5, 0.6) is 0 Å². The van der Waals surface area contributed by atoms with Crippen molar-refractivity contribution in [1.29, 1.82) is 0 Å². The Hall–Kier alpha value is -2.21. The Balaban J connectivity index is 1.99. The third kappa shape index (κ3) is 2.30. The predicted molar refractivity (Wildman–Crippen MR) is 73.1 cm³/mol. The molecule has 0 bridgehead atoms. The van der Waals surface area contributed by atoms with E-state index in [-0.39, 0.29) is 11.7 Å². The Morgan fingerprint density at radius 3 is 2.60 bits per heavy atom. The first kappa shape index (κ1) is 12.8. The van der Waals surface area contributed by atoms with Crippen LogP contribution in [0.25, 0.3) is 11.0 Å². The molecule has 0 saturated carbocycles. The summed E-state index contributed by atoms with van der Waals surface area (Å²) >= 11 is 0. The largest absolute Gasteiger partial charge is 0.381 e. The fraction of sp³-hybridized carbons (Fsp3) is 0.357. The van der Waals surface area contributed by atoms with Gasteiger partial charge in [-0.15, -0.1) is 0 Å². The maximum Gasteiger partial charge on any atom is 0.314 e. The third-order valence-electron chi connectivity index (χ3n) is 3.54. The zero-order chi connectivity index (χ0) is 14.1. The van der Waals surface area contributed by atoms with Crippen molar-refractivity contribution in [2.24, 2.45) is 5.92 Å². The SMILES string of the molecule is O=C(c1ccc2[nH]c(=O)c(=O)[nH]c2c1)C1CCCOC1. The first-order valence-electron chi connectivity index (χ1n) is 6.53. The Labute approximate surface area is 113 Å². The van der Waals surface area contributed by atoms with Gasteiger partial charge in [0.25, 0.3) is 0 Å². The van der Waals surface area contributed by atoms with Crippen LogP contribution in [0.3, 0.4) is 0 Å². The summed E-state index contributed by atoms with van der Waals surface area (Å²) in [4.78, 5) is 39.8. The number of ether oxygens (including phenoxy) is 1. The monoisotopic (exact) mass is 274 g/mol. The number of Topliss-reactive ketones (excluding diaryl/α,β-unsaturated/α-hetero) is 1. The summed E-state index contributed by atoms with van der Waals surface area (Å²) in [5.41, 5.74) is 0.0688. The Kier molecular flexibility index (Phi) is 3.23. The van der Waals surface area contributed by atoms with E-state index in [4.69, 9.17) is 4.74 Å². The molecule has 0 spiro atoms. The van der Waals surface area contributed by atoms with E-state index in [0.717, 1.165) is 12.8 Å². The van der Waals surface area contributed by atoms with Crippen LogP contribution in [0, 0.1) is 5.92 Å². The first-order valence-corrected chi connectivity index (χ1v) is 6.53. The van der Waals surface area contributed by atoms with E-state index in [0.29, 0.717) is 29.8 Å². The maximum absolute atomic E-state index is 12.4. The van der Waals surface area contributed by atoms with Crippen molar-refractivity contribution in [3.8, 4) is 0 Å². The van der Waals surface area contributed by atoms with Crippen LogP contribution >= 0.6 is 0 Å². The Morgan fingerprint density at radius 2 is 1.90 bits per heavy atom. The van der Waals surface area contributed by atoms with Crippen LogP contribution in [0.4, 0.5) is 0 Å². The highest BCUT2D eigenvalue weighted by Gasteiger charge is 2.23. The topological polar surface area (TPSA) is 92.0 Å². The molecule has 0 aliphatic carbocycles. The minimum Gasteiger partial charge on any atom is -0.381 e. The molecular weight excluding hydrogens is 260 g/mol. The number of carbonyl (C=O) groups is 1. The summed E-state index contributed by atoms with van der Waals surface area (Å²) in [6, 6.07) is 4.89. The van der Waals surface area contributed by atoms with Crippen LogP contribution in [0.1, 0.15) is 23.2 Å². The van der Waals surface area contributed by atoms with E-state index in [1.54, 1.807) is 18.2 Å². The van der Waals surface area contributed by atoms with Gasteiger partial charge in [-0.25, -0.2) is 0 Å². The van der Waals surface area contributed by atoms with Gasteiger partial charge in [-0.05, 0) is 31.0 Å². The molecule has 1 aliphatic rings. The van der Waals surface area contributed by atoms with Crippen molar-refractivity contribution in [2.45, 2.75) is 12.8 Å². The lowest BCUT2D eigenvalue weighted by Gasteiger charge is -2.20. The lowest BCUT2D eigenvalue weighted by Crippen LogP contribution is -2.29. The minimum absolute atomic E-state index is 0.0126. The first-order chi connectivity index (χ1) is 9.65. The highest BCUT2D eigenvalue weighted by atomic mass is 16.5. The Morgan fingerprint density at radius 1 is 1.15 bits per heavy atom. The number of rotatable bonds is 2. The molecule has 0 amide bonds. The molecule has 1 fully saturated rings. The van der Waals surface area contributed by atoms with E-state index in [1.807, 2.05) is 0 Å². The smallest absolute Gasteiger partial charge is 0.314 e. The Bertz CT molecular complexity index is 769. The standard InChI is InChI=1S/C14H14N2O4/c17-12(9-2-1-5-20-7-9)8-3-4-10-11(6-8)16-14(19)13(18)15-10/h3-4,6,9H,1-2,5,7H2,(H,15,18)(H,16,19). The van der Waals surface area contributed by atoms with Gasteiger partial charge in [0.2, 0.25) is 0 Å². The number of aromatic amines is 2. The van der Waals surface area contributed by atoms with Gasteiger partial charge in [-0.1, -0.05) is 0 Å². The zero-order valence-corrected chi connectivity index (χ0v) is 10.8. The molecule has 2 heterocycles. The highest BCUT2D eigenvalue weighted by Crippen LogP contribution is 2.20. The number of hydrogen-bond donors (Lipinski definition) is 2. The number of carbonyl (C=O) groups excluding carboxylic acids is 1. The van der Waals surface area contributed by atoms with Crippen molar-refractivity contribution >= 4 is 16.8 Å². The summed E-state index contributed by atoms with van der Waals surface area (Å²) in [5, 5.41) is 0. The number of H-pyrrole nitrogens is 2. The van der Waals surface area contributed by atoms with Crippen molar-refractivity contribution < 1.29 is 9.53 Å². The normalized spacial score (nSPS) is 19.1. The molecule has 20 heavy (non-hydrogen) atoms. The van der Waals surface area contributed by atoms with Crippen molar-refractivity contribution in [2.75, 3.05) is 13.2 Å². The van der Waals surface area contributed by atoms with E-state index >= 15 is 0 Å². The van der Waals surface area contributed by atoms with Crippen LogP contribution in [-0.4, -0.2) is 29.0 Å². The second kappa shape index (κ2) is 5.05. The van der Waals surface area contributed by atoms with Gasteiger partial charge in [-0.3, -0.25) is 14.4 Å². The van der Waals surface area contributed by atoms with Gasteiger partial charge in [-0.2, -0.15) is 0 Å². The maximum atomic E-state index is 12.4. The molecule has 1 unspecified atom stereocenters. The van der Waals surface area contributed by atoms with Crippen molar-refractivity contribution in [3.05, 3.63) is 44.5 Å². The van der Waals surface area contributed by atoms with E-state index < -0.39 is 11.1 Å². The molecule has 1 atom stereocenters. The molecule has 2 N–H and O–H groups in total. The quantitative estimate of drug-likeness (QED) is 0.626. The van der Waals surface area contributed by atoms with Gasteiger partial charge in [0.15, 0.2) is 5.78 Å². The molecule has 1 aromatic carbocycles. The van der Waals surface area contributed by atoms with E-state index in [9.17, 15) is 14.4 Å². The zero-order valence-electron chi connectivity index (χ0n) is 10.8. The molecule has 3 rings (SSSR count). The highest BCUT2D eigenvalue weighted by molar-refractivity contribution is 6.00. The molecule has 0 radical (unpaired) electrons. The summed E-state index contributed by atoms with van der Waals surface area (Å²) < 4.78 is 5.32. The number of nitrogens with one attached hydrogen (secondary N) is 2. The summed E-state index contributed by atoms with van der Waals surface area (Å²) in [7, 11) is 0. The van der Waals surface area contributed by atoms with Gasteiger partial charge >= 0.3 is 11.1 Å². The van der Waals surface area contributed by atoms with Gasteiger partial charge in [0.05, 0.1) is 17.6 Å². The number of benzene rings is 1. The average Bonchev–Trinajstić information content (AvgIpc) is 2.48. The van der Waals surface area contributed by atoms with E-state index in [2.05, 4.69) is 9.97 Å². The third-order valence-corrected chi connectivity index (χ3v) is 3.54.